The summed E-state index contributed by atoms with van der Waals surface area (Å²) in [6, 6.07) is 20.3. The van der Waals surface area contributed by atoms with Gasteiger partial charge >= 0.3 is 12.1 Å². The number of nitrogens with zero attached hydrogens (tertiary/aromatic N) is 2. The summed E-state index contributed by atoms with van der Waals surface area (Å²) < 4.78 is 39.8. The van der Waals surface area contributed by atoms with Gasteiger partial charge in [0.05, 0.1) is 28.4 Å². The number of amides is 1. The number of piperidine rings is 1. The average molecular weight is 682 g/mol. The number of carbonyl (C=O) groups excluding carboxylic acids is 1. The topological polar surface area (TPSA) is 82.5 Å². The van der Waals surface area contributed by atoms with Crippen LogP contribution in [0.2, 0.25) is 5.02 Å². The fourth-order valence-electron chi connectivity index (χ4n) is 5.55. The lowest BCUT2D eigenvalue weighted by Crippen LogP contribution is -2.29. The molecule has 246 valence electrons. The zero-order chi connectivity index (χ0) is 33.4. The van der Waals surface area contributed by atoms with E-state index in [2.05, 4.69) is 15.2 Å². The molecule has 1 fully saturated rings. The molecule has 3 aromatic carbocycles. The third kappa shape index (κ3) is 9.51. The number of aromatic nitrogens is 1. The number of pyridine rings is 1. The van der Waals surface area contributed by atoms with Crippen LogP contribution < -0.4 is 10.2 Å². The largest absolute Gasteiger partial charge is 0.481 e. The number of nitrogens with one attached hydrogen (secondary N) is 1. The van der Waals surface area contributed by atoms with Gasteiger partial charge in [-0.05, 0) is 91.3 Å². The molecule has 1 aliphatic rings. The van der Waals surface area contributed by atoms with Crippen molar-refractivity contribution in [2.75, 3.05) is 29.1 Å². The number of rotatable bonds is 12. The molecule has 0 atom stereocenters. The van der Waals surface area contributed by atoms with Crippen molar-refractivity contribution in [2.24, 2.45) is 0 Å². The van der Waals surface area contributed by atoms with E-state index in [9.17, 15) is 22.8 Å². The molecule has 5 rings (SSSR count). The lowest BCUT2D eigenvalue weighted by Gasteiger charge is -2.29. The zero-order valence-corrected chi connectivity index (χ0v) is 27.2. The van der Waals surface area contributed by atoms with Crippen molar-refractivity contribution < 1.29 is 27.9 Å². The number of carboxylic acid groups (broad SMARTS) is 1. The normalized spacial score (nSPS) is 13.4. The summed E-state index contributed by atoms with van der Waals surface area (Å²) >= 11 is 8.03. The van der Waals surface area contributed by atoms with Crippen LogP contribution in [-0.2, 0) is 29.6 Å². The summed E-state index contributed by atoms with van der Waals surface area (Å²) in [6.45, 7) is 1.86. The van der Waals surface area contributed by atoms with Crippen LogP contribution in [0.25, 0.3) is 11.3 Å². The van der Waals surface area contributed by atoms with Gasteiger partial charge in [0.15, 0.2) is 0 Å². The van der Waals surface area contributed by atoms with E-state index in [1.807, 2.05) is 30.3 Å². The van der Waals surface area contributed by atoms with Gasteiger partial charge in [-0.3, -0.25) is 14.6 Å². The minimum atomic E-state index is -4.42. The molecule has 1 saturated heterocycles. The number of aliphatic carboxylic acids is 1. The van der Waals surface area contributed by atoms with Gasteiger partial charge in [0.1, 0.15) is 0 Å². The summed E-state index contributed by atoms with van der Waals surface area (Å²) in [5.74, 6) is -0.0738. The molecular formula is C36H35ClF3N3O3S. The summed E-state index contributed by atoms with van der Waals surface area (Å²) in [5.41, 5.74) is 4.87. The Morgan fingerprint density at radius 1 is 0.936 bits per heavy atom. The Kier molecular flexibility index (Phi) is 11.5. The highest BCUT2D eigenvalue weighted by molar-refractivity contribution is 7.98. The molecule has 4 aromatic rings. The summed E-state index contributed by atoms with van der Waals surface area (Å²) in [6.07, 6.45) is 1.34. The minimum absolute atomic E-state index is 0.0761. The van der Waals surface area contributed by atoms with E-state index in [1.54, 1.807) is 30.5 Å². The SMILES string of the molecule is O=C(O)CCSCc1cccc(C(=O)Nc2ccc(N3CCCCC3)cc2-c2cc(CCc3cccc(C(F)(F)F)c3)c(Cl)cn2)c1. The molecule has 0 saturated carbocycles. The Morgan fingerprint density at radius 2 is 1.70 bits per heavy atom. The first-order valence-corrected chi connectivity index (χ1v) is 17.0. The number of carboxylic acids is 1. The van der Waals surface area contributed by atoms with Crippen LogP contribution in [0.15, 0.2) is 79.0 Å². The molecule has 2 heterocycles. The monoisotopic (exact) mass is 681 g/mol. The van der Waals surface area contributed by atoms with E-state index in [4.69, 9.17) is 16.7 Å². The van der Waals surface area contributed by atoms with Crippen LogP contribution in [-0.4, -0.2) is 40.8 Å². The molecule has 6 nitrogen and oxygen atoms in total. The smallest absolute Gasteiger partial charge is 0.416 e. The third-order valence-corrected chi connectivity index (χ3v) is 9.41. The van der Waals surface area contributed by atoms with Crippen LogP contribution in [0.4, 0.5) is 24.5 Å². The summed E-state index contributed by atoms with van der Waals surface area (Å²) in [5, 5.41) is 12.4. The zero-order valence-electron chi connectivity index (χ0n) is 25.7. The van der Waals surface area contributed by atoms with E-state index in [0.29, 0.717) is 57.4 Å². The van der Waals surface area contributed by atoms with E-state index in [-0.39, 0.29) is 12.3 Å². The van der Waals surface area contributed by atoms with Crippen molar-refractivity contribution in [1.29, 1.82) is 0 Å². The first kappa shape index (κ1) is 34.3. The number of hydrogen-bond acceptors (Lipinski definition) is 5. The van der Waals surface area contributed by atoms with Crippen LogP contribution >= 0.6 is 23.4 Å². The maximum atomic E-state index is 13.5. The predicted octanol–water partition coefficient (Wildman–Crippen LogP) is 9.16. The molecule has 47 heavy (non-hydrogen) atoms. The second-order valence-electron chi connectivity index (χ2n) is 11.5. The van der Waals surface area contributed by atoms with Gasteiger partial charge in [0, 0.05) is 47.6 Å². The summed E-state index contributed by atoms with van der Waals surface area (Å²) in [4.78, 5) is 31.3. The molecule has 0 spiro atoms. The average Bonchev–Trinajstić information content (AvgIpc) is 3.07. The van der Waals surface area contributed by atoms with Crippen molar-refractivity contribution in [2.45, 2.75) is 50.5 Å². The van der Waals surface area contributed by atoms with Gasteiger partial charge in [-0.15, -0.1) is 0 Å². The number of anilines is 2. The van der Waals surface area contributed by atoms with Crippen molar-refractivity contribution in [3.05, 3.63) is 112 Å². The number of alkyl halides is 3. The number of thioether (sulfide) groups is 1. The Bertz CT molecular complexity index is 1730. The van der Waals surface area contributed by atoms with E-state index < -0.39 is 17.7 Å². The number of aryl methyl sites for hydroxylation is 2. The Hall–Kier alpha value is -4.02. The predicted molar refractivity (Wildman–Crippen MR) is 182 cm³/mol. The second kappa shape index (κ2) is 15.7. The molecule has 1 amide bonds. The van der Waals surface area contributed by atoms with Crippen molar-refractivity contribution in [1.82, 2.24) is 4.98 Å². The van der Waals surface area contributed by atoms with E-state index >= 15 is 0 Å². The first-order chi connectivity index (χ1) is 22.6. The molecule has 11 heteroatoms. The lowest BCUT2D eigenvalue weighted by molar-refractivity contribution is -0.138. The molecule has 0 radical (unpaired) electrons. The highest BCUT2D eigenvalue weighted by atomic mass is 35.5. The van der Waals surface area contributed by atoms with Crippen molar-refractivity contribution in [3.63, 3.8) is 0 Å². The van der Waals surface area contributed by atoms with Crippen LogP contribution in [0.3, 0.4) is 0 Å². The molecule has 0 bridgehead atoms. The summed E-state index contributed by atoms with van der Waals surface area (Å²) in [7, 11) is 0. The van der Waals surface area contributed by atoms with E-state index in [0.717, 1.165) is 54.9 Å². The highest BCUT2D eigenvalue weighted by Crippen LogP contribution is 2.35. The van der Waals surface area contributed by atoms with Gasteiger partial charge in [-0.2, -0.15) is 24.9 Å². The van der Waals surface area contributed by atoms with Crippen molar-refractivity contribution >= 4 is 46.6 Å². The first-order valence-electron chi connectivity index (χ1n) is 15.5. The molecule has 1 aliphatic heterocycles. The van der Waals surface area contributed by atoms with Crippen LogP contribution in [0.1, 0.15) is 58.3 Å². The number of hydrogen-bond donors (Lipinski definition) is 2. The quantitative estimate of drug-likeness (QED) is 0.145. The van der Waals surface area contributed by atoms with Crippen LogP contribution in [0.5, 0.6) is 0 Å². The molecule has 1 aromatic heterocycles. The molecule has 0 aliphatic carbocycles. The Balaban J connectivity index is 1.40. The number of carbonyl (C=O) groups is 2. The Morgan fingerprint density at radius 3 is 2.47 bits per heavy atom. The maximum Gasteiger partial charge on any atom is 0.416 e. The fourth-order valence-corrected chi connectivity index (χ4v) is 6.63. The third-order valence-electron chi connectivity index (χ3n) is 8.04. The van der Waals surface area contributed by atoms with Crippen LogP contribution in [0, 0.1) is 0 Å². The van der Waals surface area contributed by atoms with E-state index in [1.165, 1.54) is 24.2 Å². The minimum Gasteiger partial charge on any atom is -0.481 e. The standard InChI is InChI=1S/C36H35ClF3N3O3S/c37-31-22-41-33(20-26(31)11-10-24-6-5-9-28(19-24)36(38,39)40)30-21-29(43-15-2-1-3-16-43)12-13-32(30)42-35(46)27-8-4-7-25(18-27)23-47-17-14-34(44)45/h4-9,12-13,18-22H,1-3,10-11,14-17,23H2,(H,42,46)(H,44,45). The van der Waals surface area contributed by atoms with Gasteiger partial charge in [-0.25, -0.2) is 0 Å². The number of benzene rings is 3. The second-order valence-corrected chi connectivity index (χ2v) is 13.0. The van der Waals surface area contributed by atoms with Crippen molar-refractivity contribution in [3.8, 4) is 11.3 Å². The highest BCUT2D eigenvalue weighted by Gasteiger charge is 2.30. The fraction of sp³-hybridized carbons (Fsp3) is 0.306. The van der Waals surface area contributed by atoms with Gasteiger partial charge in [0.25, 0.3) is 5.91 Å². The van der Waals surface area contributed by atoms with Gasteiger partial charge < -0.3 is 15.3 Å². The van der Waals surface area contributed by atoms with Gasteiger partial charge in [0.2, 0.25) is 0 Å². The molecular weight excluding hydrogens is 647 g/mol. The Labute approximate surface area is 281 Å². The van der Waals surface area contributed by atoms with Gasteiger partial charge in [-0.1, -0.05) is 41.9 Å². The lowest BCUT2D eigenvalue weighted by atomic mass is 10.00. The maximum absolute atomic E-state index is 13.5. The molecule has 2 N–H and O–H groups in total. The number of halogens is 4. The molecule has 0 unspecified atom stereocenters.